The van der Waals surface area contributed by atoms with Crippen molar-refractivity contribution in [3.8, 4) is 11.8 Å². The van der Waals surface area contributed by atoms with Crippen LogP contribution < -0.4 is 0 Å². The Bertz CT molecular complexity index is 773. The first-order valence-corrected chi connectivity index (χ1v) is 7.31. The van der Waals surface area contributed by atoms with Gasteiger partial charge in [-0.05, 0) is 43.4 Å². The first-order chi connectivity index (χ1) is 10.6. The summed E-state index contributed by atoms with van der Waals surface area (Å²) in [6, 6.07) is 7.39. The number of nitrogens with zero attached hydrogens (tertiary/aromatic N) is 4. The van der Waals surface area contributed by atoms with E-state index in [1.807, 2.05) is 13.0 Å². The third-order valence-electron chi connectivity index (χ3n) is 4.20. The second-order valence-electron chi connectivity index (χ2n) is 5.66. The number of rotatable bonds is 3. The van der Waals surface area contributed by atoms with Gasteiger partial charge in [0.25, 0.3) is 5.69 Å². The van der Waals surface area contributed by atoms with Crippen LogP contribution in [0, 0.1) is 28.4 Å². The Morgan fingerprint density at radius 2 is 2.36 bits per heavy atom. The van der Waals surface area contributed by atoms with Crippen molar-refractivity contribution in [2.45, 2.75) is 38.5 Å². The van der Waals surface area contributed by atoms with E-state index < -0.39 is 0 Å². The third-order valence-corrected chi connectivity index (χ3v) is 4.20. The largest absolute Gasteiger partial charge is 0.295 e. The molecule has 0 saturated heterocycles. The summed E-state index contributed by atoms with van der Waals surface area (Å²) in [4.78, 5) is 11.0. The summed E-state index contributed by atoms with van der Waals surface area (Å²) in [5, 5.41) is 24.7. The normalized spacial score (nSPS) is 16.8. The average Bonchev–Trinajstić information content (AvgIpc) is 2.92. The molecule has 0 radical (unpaired) electrons. The maximum atomic E-state index is 11.3. The number of fused-ring (bicyclic) bond motifs is 1. The van der Waals surface area contributed by atoms with Gasteiger partial charge in [0.05, 0.1) is 17.2 Å². The van der Waals surface area contributed by atoms with Crippen LogP contribution in [-0.2, 0) is 6.42 Å². The van der Waals surface area contributed by atoms with Crippen molar-refractivity contribution >= 4 is 5.69 Å². The molecule has 6 nitrogen and oxygen atoms in total. The summed E-state index contributed by atoms with van der Waals surface area (Å²) in [5.41, 5.74) is 3.46. The molecule has 1 aliphatic carbocycles. The molecule has 3 rings (SSSR count). The predicted molar refractivity (Wildman–Crippen MR) is 80.9 cm³/mol. The molecule has 1 unspecified atom stereocenters. The molecule has 1 aromatic carbocycles. The van der Waals surface area contributed by atoms with Crippen molar-refractivity contribution in [3.05, 3.63) is 51.3 Å². The highest BCUT2D eigenvalue weighted by Crippen LogP contribution is 2.36. The lowest BCUT2D eigenvalue weighted by molar-refractivity contribution is -0.384. The lowest BCUT2D eigenvalue weighted by atomic mass is 9.85. The quantitative estimate of drug-likeness (QED) is 0.641. The number of nitriles is 1. The Labute approximate surface area is 128 Å². The van der Waals surface area contributed by atoms with E-state index in [2.05, 4.69) is 11.2 Å². The third kappa shape index (κ3) is 2.35. The summed E-state index contributed by atoms with van der Waals surface area (Å²) >= 11 is 0. The summed E-state index contributed by atoms with van der Waals surface area (Å²) in [5.74, 6) is 0.187. The number of nitro benzene ring substituents is 1. The summed E-state index contributed by atoms with van der Waals surface area (Å²) in [6.45, 7) is 1.83. The van der Waals surface area contributed by atoms with E-state index in [4.69, 9.17) is 5.26 Å². The molecule has 0 amide bonds. The Kier molecular flexibility index (Phi) is 3.63. The second-order valence-corrected chi connectivity index (χ2v) is 5.66. The van der Waals surface area contributed by atoms with Gasteiger partial charge in [-0.3, -0.25) is 10.1 Å². The number of aromatic nitrogens is 2. The van der Waals surface area contributed by atoms with E-state index in [0.29, 0.717) is 12.1 Å². The topological polar surface area (TPSA) is 84.8 Å². The lowest BCUT2D eigenvalue weighted by Crippen LogP contribution is -2.12. The number of aryl methyl sites for hydroxylation is 1. The van der Waals surface area contributed by atoms with Gasteiger partial charge in [0.2, 0.25) is 0 Å². The van der Waals surface area contributed by atoms with Gasteiger partial charge in [0.1, 0.15) is 5.69 Å². The number of hydrogen-bond acceptors (Lipinski definition) is 4. The van der Waals surface area contributed by atoms with Gasteiger partial charge in [-0.2, -0.15) is 10.4 Å². The Morgan fingerprint density at radius 3 is 3.09 bits per heavy atom. The SMILES string of the molecule is Cc1ccc(-n2ncc3c2CCCC3CC#N)c([N+](=O)[O-])c1. The average molecular weight is 296 g/mol. The highest BCUT2D eigenvalue weighted by Gasteiger charge is 2.27. The highest BCUT2D eigenvalue weighted by atomic mass is 16.6. The van der Waals surface area contributed by atoms with Gasteiger partial charge >= 0.3 is 0 Å². The smallest absolute Gasteiger partial charge is 0.258 e. The maximum Gasteiger partial charge on any atom is 0.295 e. The molecule has 0 fully saturated rings. The van der Waals surface area contributed by atoms with Gasteiger partial charge in [-0.1, -0.05) is 6.07 Å². The van der Waals surface area contributed by atoms with E-state index in [0.717, 1.165) is 36.1 Å². The Hall–Kier alpha value is -2.68. The zero-order valence-corrected chi connectivity index (χ0v) is 12.3. The highest BCUT2D eigenvalue weighted by molar-refractivity contribution is 5.55. The molecule has 1 aliphatic rings. The summed E-state index contributed by atoms with van der Waals surface area (Å²) in [6.07, 6.45) is 5.02. The van der Waals surface area contributed by atoms with Crippen molar-refractivity contribution < 1.29 is 4.92 Å². The van der Waals surface area contributed by atoms with Crippen LogP contribution in [0.5, 0.6) is 0 Å². The monoisotopic (exact) mass is 296 g/mol. The van der Waals surface area contributed by atoms with Crippen LogP contribution in [0.4, 0.5) is 5.69 Å². The van der Waals surface area contributed by atoms with Gasteiger partial charge in [-0.15, -0.1) is 0 Å². The van der Waals surface area contributed by atoms with Crippen LogP contribution in [0.25, 0.3) is 5.69 Å². The van der Waals surface area contributed by atoms with E-state index in [1.165, 1.54) is 0 Å². The first-order valence-electron chi connectivity index (χ1n) is 7.31. The van der Waals surface area contributed by atoms with Crippen LogP contribution >= 0.6 is 0 Å². The number of benzene rings is 1. The Morgan fingerprint density at radius 1 is 1.55 bits per heavy atom. The molecule has 112 valence electrons. The van der Waals surface area contributed by atoms with Crippen LogP contribution in [-0.4, -0.2) is 14.7 Å². The lowest BCUT2D eigenvalue weighted by Gasteiger charge is -2.21. The van der Waals surface area contributed by atoms with Crippen molar-refractivity contribution in [1.29, 1.82) is 5.26 Å². The molecule has 0 spiro atoms. The van der Waals surface area contributed by atoms with E-state index in [9.17, 15) is 10.1 Å². The molecular formula is C16H16N4O2. The molecule has 0 aliphatic heterocycles. The van der Waals surface area contributed by atoms with Crippen LogP contribution in [0.3, 0.4) is 0 Å². The van der Waals surface area contributed by atoms with Crippen molar-refractivity contribution in [2.75, 3.05) is 0 Å². The Balaban J connectivity index is 2.12. The minimum atomic E-state index is -0.369. The molecule has 6 heteroatoms. The molecular weight excluding hydrogens is 280 g/mol. The van der Waals surface area contributed by atoms with Gasteiger partial charge < -0.3 is 0 Å². The summed E-state index contributed by atoms with van der Waals surface area (Å²) in [7, 11) is 0. The van der Waals surface area contributed by atoms with Gasteiger partial charge in [0.15, 0.2) is 0 Å². The first kappa shape index (κ1) is 14.3. The predicted octanol–water partition coefficient (Wildman–Crippen LogP) is 3.42. The molecule has 0 bridgehead atoms. The fourth-order valence-corrected chi connectivity index (χ4v) is 3.14. The van der Waals surface area contributed by atoms with Crippen LogP contribution in [0.1, 0.15) is 42.0 Å². The van der Waals surface area contributed by atoms with Gasteiger partial charge in [-0.25, -0.2) is 4.68 Å². The van der Waals surface area contributed by atoms with Crippen LogP contribution in [0.2, 0.25) is 0 Å². The van der Waals surface area contributed by atoms with E-state index >= 15 is 0 Å². The minimum Gasteiger partial charge on any atom is -0.258 e. The molecule has 0 N–H and O–H groups in total. The minimum absolute atomic E-state index is 0.0632. The number of nitro groups is 1. The van der Waals surface area contributed by atoms with Gasteiger partial charge in [0, 0.05) is 24.1 Å². The number of hydrogen-bond donors (Lipinski definition) is 0. The van der Waals surface area contributed by atoms with Crippen molar-refractivity contribution in [1.82, 2.24) is 9.78 Å². The molecule has 0 saturated carbocycles. The zero-order valence-electron chi connectivity index (χ0n) is 12.3. The zero-order chi connectivity index (χ0) is 15.7. The maximum absolute atomic E-state index is 11.3. The fourth-order valence-electron chi connectivity index (χ4n) is 3.14. The molecule has 1 aromatic heterocycles. The van der Waals surface area contributed by atoms with Crippen LogP contribution in [0.15, 0.2) is 24.4 Å². The van der Waals surface area contributed by atoms with E-state index in [-0.39, 0.29) is 16.5 Å². The summed E-state index contributed by atoms with van der Waals surface area (Å²) < 4.78 is 1.68. The molecule has 1 heterocycles. The van der Waals surface area contributed by atoms with Crippen molar-refractivity contribution in [3.63, 3.8) is 0 Å². The molecule has 22 heavy (non-hydrogen) atoms. The standard InChI is InChI=1S/C16H16N4O2/c1-11-5-6-15(16(9-11)20(21)22)19-14-4-2-3-12(7-8-17)13(14)10-18-19/h5-6,9-10,12H,2-4,7H2,1H3. The molecule has 1 atom stereocenters. The second kappa shape index (κ2) is 5.60. The van der Waals surface area contributed by atoms with Crippen molar-refractivity contribution in [2.24, 2.45) is 0 Å². The van der Waals surface area contributed by atoms with E-state index in [1.54, 1.807) is 23.0 Å². The fraction of sp³-hybridized carbons (Fsp3) is 0.375. The molecule has 2 aromatic rings.